The van der Waals surface area contributed by atoms with Gasteiger partial charge in [-0.25, -0.2) is 4.68 Å². The molecular weight excluding hydrogens is 274 g/mol. The van der Waals surface area contributed by atoms with Crippen molar-refractivity contribution in [2.24, 2.45) is 0 Å². The highest BCUT2D eigenvalue weighted by atomic mass is 16.4. The summed E-state index contributed by atoms with van der Waals surface area (Å²) in [7, 11) is 0. The summed E-state index contributed by atoms with van der Waals surface area (Å²) >= 11 is 0. The molecule has 2 rings (SSSR count). The lowest BCUT2D eigenvalue weighted by molar-refractivity contribution is -0.137. The smallest absolute Gasteiger partial charge is 0.303 e. The van der Waals surface area contributed by atoms with Crippen molar-refractivity contribution in [3.63, 3.8) is 0 Å². The largest absolute Gasteiger partial charge is 0.481 e. The number of carboxylic acids is 1. The molecule has 0 aliphatic carbocycles. The second-order valence-corrected chi connectivity index (χ2v) is 5.17. The summed E-state index contributed by atoms with van der Waals surface area (Å²) in [6, 6.07) is 0.302. The van der Waals surface area contributed by atoms with Crippen molar-refractivity contribution in [2.45, 2.75) is 38.1 Å². The molecule has 0 saturated carbocycles. The number of carbonyl (C=O) groups excluding carboxylic acids is 1. The quantitative estimate of drug-likeness (QED) is 0.619. The van der Waals surface area contributed by atoms with Crippen LogP contribution in [0, 0.1) is 0 Å². The molecule has 3 N–H and O–H groups in total. The highest BCUT2D eigenvalue weighted by Gasteiger charge is 2.18. The van der Waals surface area contributed by atoms with E-state index in [0.717, 1.165) is 25.9 Å². The van der Waals surface area contributed by atoms with Gasteiger partial charge < -0.3 is 15.7 Å². The number of unbranched alkanes of at least 4 members (excludes halogenated alkanes) is 1. The average molecular weight is 295 g/mol. The van der Waals surface area contributed by atoms with Crippen LogP contribution in [0.15, 0.2) is 6.20 Å². The minimum atomic E-state index is -0.814. The molecule has 0 spiro atoms. The van der Waals surface area contributed by atoms with Crippen molar-refractivity contribution in [2.75, 3.05) is 19.6 Å². The molecule has 21 heavy (non-hydrogen) atoms. The van der Waals surface area contributed by atoms with Crippen LogP contribution in [-0.2, 0) is 4.79 Å². The minimum Gasteiger partial charge on any atom is -0.481 e. The van der Waals surface area contributed by atoms with Crippen LogP contribution in [0.25, 0.3) is 0 Å². The standard InChI is InChI=1S/C13H21N5O3/c19-12(20)3-1-2-6-15-13(21)11-9-18(17-16-11)10-4-7-14-8-5-10/h9-10,14H,1-8H2,(H,15,21)(H,19,20). The predicted octanol–water partition coefficient (Wildman–Crippen LogP) is 0.187. The Morgan fingerprint density at radius 2 is 2.14 bits per heavy atom. The molecule has 1 fully saturated rings. The third kappa shape index (κ3) is 4.82. The summed E-state index contributed by atoms with van der Waals surface area (Å²) in [4.78, 5) is 22.2. The number of carbonyl (C=O) groups is 2. The second-order valence-electron chi connectivity index (χ2n) is 5.17. The van der Waals surface area contributed by atoms with Gasteiger partial charge in [0.2, 0.25) is 0 Å². The highest BCUT2D eigenvalue weighted by Crippen LogP contribution is 2.16. The van der Waals surface area contributed by atoms with Gasteiger partial charge >= 0.3 is 5.97 Å². The maximum atomic E-state index is 11.9. The molecule has 116 valence electrons. The Kier molecular flexibility index (Phi) is 5.68. The zero-order valence-electron chi connectivity index (χ0n) is 11.9. The van der Waals surface area contributed by atoms with E-state index in [0.29, 0.717) is 31.1 Å². The van der Waals surface area contributed by atoms with Crippen molar-refractivity contribution in [1.82, 2.24) is 25.6 Å². The Hall–Kier alpha value is -1.96. The lowest BCUT2D eigenvalue weighted by Crippen LogP contribution is -2.29. The van der Waals surface area contributed by atoms with Gasteiger partial charge in [0.25, 0.3) is 5.91 Å². The van der Waals surface area contributed by atoms with Crippen molar-refractivity contribution in [3.8, 4) is 0 Å². The van der Waals surface area contributed by atoms with E-state index >= 15 is 0 Å². The first kappa shape index (κ1) is 15.4. The number of hydrogen-bond acceptors (Lipinski definition) is 5. The molecule has 0 aromatic carbocycles. The van der Waals surface area contributed by atoms with E-state index < -0.39 is 5.97 Å². The summed E-state index contributed by atoms with van der Waals surface area (Å²) < 4.78 is 1.76. The van der Waals surface area contributed by atoms with E-state index in [9.17, 15) is 9.59 Å². The Balaban J connectivity index is 1.75. The van der Waals surface area contributed by atoms with Gasteiger partial charge in [0.05, 0.1) is 12.2 Å². The Labute approximate surface area is 122 Å². The number of amides is 1. The normalized spacial score (nSPS) is 15.8. The molecule has 1 aromatic rings. The predicted molar refractivity (Wildman–Crippen MR) is 75.0 cm³/mol. The number of aromatic nitrogens is 3. The maximum absolute atomic E-state index is 11.9. The van der Waals surface area contributed by atoms with Crippen LogP contribution >= 0.6 is 0 Å². The van der Waals surface area contributed by atoms with Gasteiger partial charge in [-0.15, -0.1) is 5.10 Å². The van der Waals surface area contributed by atoms with Crippen molar-refractivity contribution in [3.05, 3.63) is 11.9 Å². The number of carboxylic acid groups (broad SMARTS) is 1. The van der Waals surface area contributed by atoms with Crippen molar-refractivity contribution < 1.29 is 14.7 Å². The van der Waals surface area contributed by atoms with Gasteiger partial charge in [0.1, 0.15) is 0 Å². The number of hydrogen-bond donors (Lipinski definition) is 3. The topological polar surface area (TPSA) is 109 Å². The molecule has 0 atom stereocenters. The molecule has 0 radical (unpaired) electrons. The molecule has 1 amide bonds. The molecule has 1 saturated heterocycles. The molecule has 8 nitrogen and oxygen atoms in total. The monoisotopic (exact) mass is 295 g/mol. The number of nitrogens with one attached hydrogen (secondary N) is 2. The van der Waals surface area contributed by atoms with E-state index in [4.69, 9.17) is 5.11 Å². The Bertz CT molecular complexity index is 482. The number of nitrogens with zero attached hydrogens (tertiary/aromatic N) is 3. The van der Waals surface area contributed by atoms with E-state index in [1.54, 1.807) is 10.9 Å². The van der Waals surface area contributed by atoms with E-state index in [-0.39, 0.29) is 12.3 Å². The fourth-order valence-corrected chi connectivity index (χ4v) is 2.32. The fraction of sp³-hybridized carbons (Fsp3) is 0.692. The van der Waals surface area contributed by atoms with Crippen molar-refractivity contribution >= 4 is 11.9 Å². The Morgan fingerprint density at radius 3 is 2.86 bits per heavy atom. The van der Waals surface area contributed by atoms with Gasteiger partial charge in [0.15, 0.2) is 5.69 Å². The van der Waals surface area contributed by atoms with Gasteiger partial charge in [0, 0.05) is 13.0 Å². The molecular formula is C13H21N5O3. The fourth-order valence-electron chi connectivity index (χ4n) is 2.32. The van der Waals surface area contributed by atoms with Crippen LogP contribution in [0.4, 0.5) is 0 Å². The maximum Gasteiger partial charge on any atom is 0.303 e. The second kappa shape index (κ2) is 7.72. The van der Waals surface area contributed by atoms with Gasteiger partial charge in [-0.3, -0.25) is 9.59 Å². The van der Waals surface area contributed by atoms with Gasteiger partial charge in [-0.2, -0.15) is 0 Å². The van der Waals surface area contributed by atoms with Crippen LogP contribution in [0.3, 0.4) is 0 Å². The molecule has 1 aliphatic heterocycles. The van der Waals surface area contributed by atoms with Crippen LogP contribution in [0.2, 0.25) is 0 Å². The Morgan fingerprint density at radius 1 is 1.38 bits per heavy atom. The van der Waals surface area contributed by atoms with E-state index in [1.807, 2.05) is 0 Å². The van der Waals surface area contributed by atoms with Crippen LogP contribution in [0.1, 0.15) is 48.6 Å². The average Bonchev–Trinajstić information content (AvgIpc) is 2.97. The number of aliphatic carboxylic acids is 1. The highest BCUT2D eigenvalue weighted by molar-refractivity contribution is 5.91. The lowest BCUT2D eigenvalue weighted by Gasteiger charge is -2.22. The first-order valence-electron chi connectivity index (χ1n) is 7.29. The minimum absolute atomic E-state index is 0.127. The van der Waals surface area contributed by atoms with E-state index in [1.165, 1.54) is 0 Å². The molecule has 1 aliphatic rings. The SMILES string of the molecule is O=C(O)CCCCNC(=O)c1cn(C2CCNCC2)nn1. The summed E-state index contributed by atoms with van der Waals surface area (Å²) in [6.07, 6.45) is 4.97. The zero-order valence-corrected chi connectivity index (χ0v) is 11.9. The zero-order chi connectivity index (χ0) is 15.1. The first-order valence-corrected chi connectivity index (χ1v) is 7.29. The molecule has 1 aromatic heterocycles. The lowest BCUT2D eigenvalue weighted by atomic mass is 10.1. The summed E-state index contributed by atoms with van der Waals surface area (Å²) in [5.41, 5.74) is 0.312. The van der Waals surface area contributed by atoms with Crippen molar-refractivity contribution in [1.29, 1.82) is 0 Å². The van der Waals surface area contributed by atoms with Crippen LogP contribution < -0.4 is 10.6 Å². The summed E-state index contributed by atoms with van der Waals surface area (Å²) in [6.45, 7) is 2.36. The summed E-state index contributed by atoms with van der Waals surface area (Å²) in [5.74, 6) is -1.07. The van der Waals surface area contributed by atoms with E-state index in [2.05, 4.69) is 20.9 Å². The van der Waals surface area contributed by atoms with Crippen LogP contribution in [-0.4, -0.2) is 51.6 Å². The molecule has 2 heterocycles. The summed E-state index contributed by atoms with van der Waals surface area (Å²) in [5, 5.41) is 22.5. The molecule has 0 unspecified atom stereocenters. The number of piperidine rings is 1. The van der Waals surface area contributed by atoms with Gasteiger partial charge in [-0.05, 0) is 38.8 Å². The van der Waals surface area contributed by atoms with Crippen LogP contribution in [0.5, 0.6) is 0 Å². The van der Waals surface area contributed by atoms with Gasteiger partial charge in [-0.1, -0.05) is 5.21 Å². The molecule has 8 heteroatoms. The third-order valence-electron chi connectivity index (χ3n) is 3.53. The first-order chi connectivity index (χ1) is 10.2. The molecule has 0 bridgehead atoms. The third-order valence-corrected chi connectivity index (χ3v) is 3.53. The number of rotatable bonds is 7.